The summed E-state index contributed by atoms with van der Waals surface area (Å²) in [7, 11) is 0. The van der Waals surface area contributed by atoms with Crippen LogP contribution in [-0.4, -0.2) is 22.1 Å². The summed E-state index contributed by atoms with van der Waals surface area (Å²) < 4.78 is 25.7. The largest absolute Gasteiger partial charge is 0.508 e. The molecular formula is C10H10F2O3. The zero-order valence-corrected chi connectivity index (χ0v) is 8.00. The monoisotopic (exact) mass is 216 g/mol. The summed E-state index contributed by atoms with van der Waals surface area (Å²) in [5.41, 5.74) is 0.617. The molecule has 82 valence electrons. The molecule has 0 aliphatic carbocycles. The molecule has 0 unspecified atom stereocenters. The lowest BCUT2D eigenvalue weighted by Gasteiger charge is -2.12. The fourth-order valence-electron chi connectivity index (χ4n) is 1.17. The molecule has 2 N–H and O–H groups in total. The second-order valence-electron chi connectivity index (χ2n) is 3.32. The molecule has 0 bridgehead atoms. The van der Waals surface area contributed by atoms with Gasteiger partial charge < -0.3 is 10.2 Å². The Hall–Kier alpha value is -1.65. The SMILES string of the molecule is Cc1ccc(O)c(CC(F)(F)C(=O)O)c1. The minimum atomic E-state index is -3.86. The standard InChI is InChI=1S/C10H10F2O3/c1-6-2-3-8(13)7(4-6)5-10(11,12)9(14)15/h2-4,13H,5H2,1H3,(H,14,15). The maximum atomic E-state index is 12.8. The minimum absolute atomic E-state index is 0.0672. The Morgan fingerprint density at radius 3 is 2.60 bits per heavy atom. The van der Waals surface area contributed by atoms with E-state index >= 15 is 0 Å². The topological polar surface area (TPSA) is 57.5 Å². The van der Waals surface area contributed by atoms with Crippen molar-refractivity contribution in [3.8, 4) is 5.75 Å². The summed E-state index contributed by atoms with van der Waals surface area (Å²) in [4.78, 5) is 10.2. The molecule has 3 nitrogen and oxygen atoms in total. The highest BCUT2D eigenvalue weighted by Gasteiger charge is 2.39. The Labute approximate surface area is 85.0 Å². The molecule has 0 atom stereocenters. The predicted molar refractivity (Wildman–Crippen MR) is 49.1 cm³/mol. The molecule has 0 aliphatic heterocycles. The van der Waals surface area contributed by atoms with Gasteiger partial charge in [-0.1, -0.05) is 17.7 Å². The van der Waals surface area contributed by atoms with E-state index in [4.69, 9.17) is 5.11 Å². The number of phenols is 1. The average molecular weight is 216 g/mol. The van der Waals surface area contributed by atoms with Gasteiger partial charge in [0.25, 0.3) is 0 Å². The summed E-state index contributed by atoms with van der Waals surface area (Å²) >= 11 is 0. The summed E-state index contributed by atoms with van der Waals surface area (Å²) in [6.45, 7) is 1.67. The number of aliphatic carboxylic acids is 1. The van der Waals surface area contributed by atoms with E-state index in [1.807, 2.05) is 0 Å². The quantitative estimate of drug-likeness (QED) is 0.812. The normalized spacial score (nSPS) is 11.4. The molecule has 0 fully saturated rings. The molecule has 1 aromatic carbocycles. The maximum absolute atomic E-state index is 12.8. The number of halogens is 2. The number of hydrogen-bond donors (Lipinski definition) is 2. The number of aryl methyl sites for hydroxylation is 1. The second kappa shape index (κ2) is 3.84. The number of phenolic OH excluding ortho intramolecular Hbond substituents is 1. The Morgan fingerprint density at radius 1 is 1.47 bits per heavy atom. The molecule has 0 saturated heterocycles. The summed E-state index contributed by atoms with van der Waals surface area (Å²) in [5, 5.41) is 17.5. The molecule has 0 aliphatic rings. The van der Waals surface area contributed by atoms with Crippen LogP contribution in [0.2, 0.25) is 0 Å². The lowest BCUT2D eigenvalue weighted by Crippen LogP contribution is -2.30. The highest BCUT2D eigenvalue weighted by Crippen LogP contribution is 2.26. The molecule has 0 aromatic heterocycles. The van der Waals surface area contributed by atoms with Crippen molar-refractivity contribution in [1.29, 1.82) is 0 Å². The molecule has 1 rings (SSSR count). The first kappa shape index (κ1) is 11.4. The van der Waals surface area contributed by atoms with Gasteiger partial charge in [0, 0.05) is 5.56 Å². The first-order valence-corrected chi connectivity index (χ1v) is 4.22. The Morgan fingerprint density at radius 2 is 2.07 bits per heavy atom. The number of alkyl halides is 2. The van der Waals surface area contributed by atoms with Gasteiger partial charge in [-0.15, -0.1) is 0 Å². The summed E-state index contributed by atoms with van der Waals surface area (Å²) in [6, 6.07) is 4.16. The second-order valence-corrected chi connectivity index (χ2v) is 3.32. The van der Waals surface area contributed by atoms with Crippen molar-refractivity contribution in [2.24, 2.45) is 0 Å². The molecule has 0 saturated carbocycles. The van der Waals surface area contributed by atoms with Crippen LogP contribution in [0.3, 0.4) is 0 Å². The molecule has 0 spiro atoms. The van der Waals surface area contributed by atoms with E-state index in [0.717, 1.165) is 0 Å². The van der Waals surface area contributed by atoms with Crippen LogP contribution in [0.5, 0.6) is 5.75 Å². The van der Waals surface area contributed by atoms with E-state index in [1.54, 1.807) is 13.0 Å². The van der Waals surface area contributed by atoms with Crippen LogP contribution in [0, 0.1) is 6.92 Å². The van der Waals surface area contributed by atoms with Crippen molar-refractivity contribution in [2.45, 2.75) is 19.3 Å². The Bertz CT molecular complexity index is 388. The van der Waals surface area contributed by atoms with Crippen LogP contribution < -0.4 is 0 Å². The van der Waals surface area contributed by atoms with E-state index < -0.39 is 18.3 Å². The van der Waals surface area contributed by atoms with Crippen LogP contribution in [-0.2, 0) is 11.2 Å². The fourth-order valence-corrected chi connectivity index (χ4v) is 1.17. The van der Waals surface area contributed by atoms with E-state index in [-0.39, 0.29) is 11.3 Å². The minimum Gasteiger partial charge on any atom is -0.508 e. The van der Waals surface area contributed by atoms with Gasteiger partial charge in [0.1, 0.15) is 5.75 Å². The van der Waals surface area contributed by atoms with Crippen molar-refractivity contribution in [2.75, 3.05) is 0 Å². The molecule has 5 heteroatoms. The van der Waals surface area contributed by atoms with Gasteiger partial charge in [0.15, 0.2) is 0 Å². The zero-order chi connectivity index (χ0) is 11.6. The molecule has 15 heavy (non-hydrogen) atoms. The molecule has 0 radical (unpaired) electrons. The third-order valence-corrected chi connectivity index (χ3v) is 1.96. The highest BCUT2D eigenvalue weighted by molar-refractivity contribution is 5.75. The lowest BCUT2D eigenvalue weighted by atomic mass is 10.0. The summed E-state index contributed by atoms with van der Waals surface area (Å²) in [6.07, 6.45) is -1.00. The number of carboxylic acids is 1. The number of rotatable bonds is 3. The maximum Gasteiger partial charge on any atom is 0.374 e. The smallest absolute Gasteiger partial charge is 0.374 e. The number of carboxylic acid groups (broad SMARTS) is 1. The van der Waals surface area contributed by atoms with E-state index in [1.165, 1.54) is 12.1 Å². The van der Waals surface area contributed by atoms with Crippen molar-refractivity contribution < 1.29 is 23.8 Å². The van der Waals surface area contributed by atoms with Gasteiger partial charge in [0.2, 0.25) is 0 Å². The van der Waals surface area contributed by atoms with E-state index in [9.17, 15) is 18.7 Å². The highest BCUT2D eigenvalue weighted by atomic mass is 19.3. The molecular weight excluding hydrogens is 206 g/mol. The van der Waals surface area contributed by atoms with Gasteiger partial charge in [-0.25, -0.2) is 4.79 Å². The summed E-state index contributed by atoms with van der Waals surface area (Å²) in [5.74, 6) is -6.37. The fraction of sp³-hybridized carbons (Fsp3) is 0.300. The van der Waals surface area contributed by atoms with Gasteiger partial charge in [-0.2, -0.15) is 8.78 Å². The average Bonchev–Trinajstić information content (AvgIpc) is 2.10. The molecule has 0 amide bonds. The zero-order valence-electron chi connectivity index (χ0n) is 8.00. The van der Waals surface area contributed by atoms with Gasteiger partial charge >= 0.3 is 11.9 Å². The lowest BCUT2D eigenvalue weighted by molar-refractivity contribution is -0.164. The first-order chi connectivity index (χ1) is 6.83. The van der Waals surface area contributed by atoms with Crippen molar-refractivity contribution in [1.82, 2.24) is 0 Å². The van der Waals surface area contributed by atoms with E-state index in [0.29, 0.717) is 5.56 Å². The number of hydrogen-bond acceptors (Lipinski definition) is 2. The predicted octanol–water partition coefficient (Wildman–Crippen LogP) is 1.96. The van der Waals surface area contributed by atoms with Crippen molar-refractivity contribution in [3.63, 3.8) is 0 Å². The van der Waals surface area contributed by atoms with Gasteiger partial charge in [-0.3, -0.25) is 0 Å². The van der Waals surface area contributed by atoms with Crippen molar-refractivity contribution in [3.05, 3.63) is 29.3 Å². The van der Waals surface area contributed by atoms with Crippen LogP contribution in [0.4, 0.5) is 8.78 Å². The first-order valence-electron chi connectivity index (χ1n) is 4.22. The van der Waals surface area contributed by atoms with Gasteiger partial charge in [0.05, 0.1) is 6.42 Å². The van der Waals surface area contributed by atoms with E-state index in [2.05, 4.69) is 0 Å². The third kappa shape index (κ3) is 2.65. The number of benzene rings is 1. The molecule has 1 aromatic rings. The van der Waals surface area contributed by atoms with Crippen LogP contribution in [0.1, 0.15) is 11.1 Å². The van der Waals surface area contributed by atoms with Crippen LogP contribution >= 0.6 is 0 Å². The third-order valence-electron chi connectivity index (χ3n) is 1.96. The van der Waals surface area contributed by atoms with Crippen LogP contribution in [0.25, 0.3) is 0 Å². The van der Waals surface area contributed by atoms with Crippen molar-refractivity contribution >= 4 is 5.97 Å². The number of carbonyl (C=O) groups is 1. The van der Waals surface area contributed by atoms with Gasteiger partial charge in [-0.05, 0) is 13.0 Å². The Kier molecular flexibility index (Phi) is 2.93. The number of aromatic hydroxyl groups is 1. The van der Waals surface area contributed by atoms with Crippen LogP contribution in [0.15, 0.2) is 18.2 Å². The Balaban J connectivity index is 2.99. The molecule has 0 heterocycles.